The molecule has 0 atom stereocenters. The first-order valence-corrected chi connectivity index (χ1v) is 9.10. The molecule has 0 radical (unpaired) electrons. The minimum atomic E-state index is 0.279. The Morgan fingerprint density at radius 2 is 1.79 bits per heavy atom. The van der Waals surface area contributed by atoms with Crippen molar-refractivity contribution in [2.75, 3.05) is 57.9 Å². The van der Waals surface area contributed by atoms with E-state index in [1.54, 1.807) is 0 Å². The molecule has 2 saturated heterocycles. The lowest BCUT2D eigenvalue weighted by molar-refractivity contribution is -0.135. The SMILES string of the molecule is CN(c1ccccc1)C1CCN(CCC(=O)N2CCOCC2)CC1. The van der Waals surface area contributed by atoms with Crippen LogP contribution in [0.4, 0.5) is 5.69 Å². The number of ether oxygens (including phenoxy) is 1. The van der Waals surface area contributed by atoms with Crippen molar-refractivity contribution in [1.29, 1.82) is 0 Å². The van der Waals surface area contributed by atoms with Gasteiger partial charge in [-0.3, -0.25) is 4.79 Å². The van der Waals surface area contributed by atoms with E-state index in [4.69, 9.17) is 4.74 Å². The van der Waals surface area contributed by atoms with Crippen molar-refractivity contribution in [2.24, 2.45) is 0 Å². The average molecular weight is 331 g/mol. The smallest absolute Gasteiger partial charge is 0.224 e. The lowest BCUT2D eigenvalue weighted by atomic mass is 10.0. The number of nitrogens with zero attached hydrogens (tertiary/aromatic N) is 3. The highest BCUT2D eigenvalue weighted by molar-refractivity contribution is 5.76. The van der Waals surface area contributed by atoms with Crippen LogP contribution in [-0.4, -0.2) is 74.7 Å². The molecule has 5 nitrogen and oxygen atoms in total. The van der Waals surface area contributed by atoms with E-state index in [9.17, 15) is 4.79 Å². The number of carbonyl (C=O) groups is 1. The fourth-order valence-electron chi connectivity index (χ4n) is 3.63. The summed E-state index contributed by atoms with van der Waals surface area (Å²) in [5, 5.41) is 0. The fourth-order valence-corrected chi connectivity index (χ4v) is 3.63. The predicted molar refractivity (Wildman–Crippen MR) is 96.3 cm³/mol. The number of rotatable bonds is 5. The molecule has 24 heavy (non-hydrogen) atoms. The second-order valence-electron chi connectivity index (χ2n) is 6.76. The Hall–Kier alpha value is -1.59. The number of amides is 1. The van der Waals surface area contributed by atoms with Crippen molar-refractivity contribution in [2.45, 2.75) is 25.3 Å². The number of morpholine rings is 1. The molecule has 2 aliphatic heterocycles. The van der Waals surface area contributed by atoms with Crippen molar-refractivity contribution < 1.29 is 9.53 Å². The molecule has 0 saturated carbocycles. The second kappa shape index (κ2) is 8.49. The van der Waals surface area contributed by atoms with Crippen LogP contribution in [-0.2, 0) is 9.53 Å². The zero-order valence-corrected chi connectivity index (χ0v) is 14.7. The lowest BCUT2D eigenvalue weighted by Crippen LogP contribution is -2.45. The summed E-state index contributed by atoms with van der Waals surface area (Å²) in [4.78, 5) is 19.0. The van der Waals surface area contributed by atoms with Gasteiger partial charge in [-0.15, -0.1) is 0 Å². The Labute approximate surface area is 145 Å². The van der Waals surface area contributed by atoms with Crippen LogP contribution in [0, 0.1) is 0 Å². The van der Waals surface area contributed by atoms with Crippen molar-refractivity contribution >= 4 is 11.6 Å². The molecular weight excluding hydrogens is 302 g/mol. The molecule has 1 amide bonds. The summed E-state index contributed by atoms with van der Waals surface area (Å²) in [5.41, 5.74) is 1.29. The Kier molecular flexibility index (Phi) is 6.10. The van der Waals surface area contributed by atoms with Gasteiger partial charge in [0, 0.05) is 57.9 Å². The van der Waals surface area contributed by atoms with E-state index < -0.39 is 0 Å². The minimum absolute atomic E-state index is 0.279. The van der Waals surface area contributed by atoms with E-state index in [2.05, 4.69) is 47.2 Å². The van der Waals surface area contributed by atoms with Gasteiger partial charge in [-0.2, -0.15) is 0 Å². The standard InChI is InChI=1S/C19H29N3O2/c1-20(17-5-3-2-4-6-17)18-7-10-21(11-8-18)12-9-19(23)22-13-15-24-16-14-22/h2-6,18H,7-16H2,1H3. The van der Waals surface area contributed by atoms with Crippen LogP contribution >= 0.6 is 0 Å². The number of piperidine rings is 1. The van der Waals surface area contributed by atoms with E-state index in [-0.39, 0.29) is 5.91 Å². The van der Waals surface area contributed by atoms with Gasteiger partial charge >= 0.3 is 0 Å². The second-order valence-corrected chi connectivity index (χ2v) is 6.76. The maximum Gasteiger partial charge on any atom is 0.224 e. The van der Waals surface area contributed by atoms with Gasteiger partial charge in [-0.1, -0.05) is 18.2 Å². The molecule has 0 unspecified atom stereocenters. The predicted octanol–water partition coefficient (Wildman–Crippen LogP) is 1.84. The number of likely N-dealkylation sites (tertiary alicyclic amines) is 1. The van der Waals surface area contributed by atoms with Crippen LogP contribution in [0.3, 0.4) is 0 Å². The van der Waals surface area contributed by atoms with Gasteiger partial charge in [0.2, 0.25) is 5.91 Å². The summed E-state index contributed by atoms with van der Waals surface area (Å²) < 4.78 is 5.31. The summed E-state index contributed by atoms with van der Waals surface area (Å²) in [6.45, 7) is 5.92. The largest absolute Gasteiger partial charge is 0.378 e. The first-order chi connectivity index (χ1) is 11.7. The first kappa shape index (κ1) is 17.2. The van der Waals surface area contributed by atoms with Crippen molar-refractivity contribution in [3.63, 3.8) is 0 Å². The van der Waals surface area contributed by atoms with Crippen LogP contribution in [0.1, 0.15) is 19.3 Å². The molecule has 0 aromatic heterocycles. The number of hydrogen-bond donors (Lipinski definition) is 0. The van der Waals surface area contributed by atoms with E-state index >= 15 is 0 Å². The van der Waals surface area contributed by atoms with Gasteiger partial charge in [-0.05, 0) is 25.0 Å². The zero-order valence-electron chi connectivity index (χ0n) is 14.7. The summed E-state index contributed by atoms with van der Waals surface area (Å²) in [6, 6.07) is 11.2. The molecule has 2 fully saturated rings. The normalized spacial score (nSPS) is 20.1. The number of anilines is 1. The summed E-state index contributed by atoms with van der Waals surface area (Å²) >= 11 is 0. The molecular formula is C19H29N3O2. The summed E-state index contributed by atoms with van der Waals surface area (Å²) in [7, 11) is 2.19. The highest BCUT2D eigenvalue weighted by Crippen LogP contribution is 2.21. The molecule has 1 aromatic carbocycles. The Morgan fingerprint density at radius 1 is 1.12 bits per heavy atom. The Balaban J connectivity index is 1.39. The first-order valence-electron chi connectivity index (χ1n) is 9.10. The summed E-state index contributed by atoms with van der Waals surface area (Å²) in [5.74, 6) is 0.279. The van der Waals surface area contributed by atoms with Gasteiger partial charge in [0.05, 0.1) is 13.2 Å². The quantitative estimate of drug-likeness (QED) is 0.825. The summed E-state index contributed by atoms with van der Waals surface area (Å²) in [6.07, 6.45) is 2.97. The average Bonchev–Trinajstić information content (AvgIpc) is 2.67. The van der Waals surface area contributed by atoms with Gasteiger partial charge in [-0.25, -0.2) is 0 Å². The molecule has 0 spiro atoms. The number of benzene rings is 1. The molecule has 2 heterocycles. The molecule has 3 rings (SSSR count). The van der Waals surface area contributed by atoms with E-state index in [0.717, 1.165) is 45.6 Å². The van der Waals surface area contributed by atoms with Gasteiger partial charge in [0.15, 0.2) is 0 Å². The molecule has 2 aliphatic rings. The Morgan fingerprint density at radius 3 is 2.46 bits per heavy atom. The van der Waals surface area contributed by atoms with Crippen molar-refractivity contribution in [3.8, 4) is 0 Å². The van der Waals surface area contributed by atoms with E-state index in [0.29, 0.717) is 25.7 Å². The molecule has 1 aromatic rings. The van der Waals surface area contributed by atoms with Crippen LogP contribution in [0.25, 0.3) is 0 Å². The molecule has 0 bridgehead atoms. The monoisotopic (exact) mass is 331 g/mol. The topological polar surface area (TPSA) is 36.0 Å². The van der Waals surface area contributed by atoms with Gasteiger partial charge in [0.1, 0.15) is 0 Å². The fraction of sp³-hybridized carbons (Fsp3) is 0.632. The van der Waals surface area contributed by atoms with E-state index in [1.807, 2.05) is 4.90 Å². The molecule has 0 N–H and O–H groups in total. The maximum atomic E-state index is 12.2. The third-order valence-electron chi connectivity index (χ3n) is 5.27. The van der Waals surface area contributed by atoms with E-state index in [1.165, 1.54) is 5.69 Å². The van der Waals surface area contributed by atoms with Crippen LogP contribution in [0.2, 0.25) is 0 Å². The maximum absolute atomic E-state index is 12.2. The van der Waals surface area contributed by atoms with Gasteiger partial charge in [0.25, 0.3) is 0 Å². The third-order valence-corrected chi connectivity index (χ3v) is 5.27. The van der Waals surface area contributed by atoms with Crippen LogP contribution < -0.4 is 4.90 Å². The van der Waals surface area contributed by atoms with Gasteiger partial charge < -0.3 is 19.4 Å². The molecule has 132 valence electrons. The molecule has 0 aliphatic carbocycles. The minimum Gasteiger partial charge on any atom is -0.378 e. The van der Waals surface area contributed by atoms with Crippen LogP contribution in [0.15, 0.2) is 30.3 Å². The lowest BCUT2D eigenvalue weighted by Gasteiger charge is -2.38. The Bertz CT molecular complexity index is 509. The number of carbonyl (C=O) groups excluding carboxylic acids is 1. The number of para-hydroxylation sites is 1. The highest BCUT2D eigenvalue weighted by atomic mass is 16.5. The third kappa shape index (κ3) is 4.48. The highest BCUT2D eigenvalue weighted by Gasteiger charge is 2.24. The van der Waals surface area contributed by atoms with Crippen LogP contribution in [0.5, 0.6) is 0 Å². The van der Waals surface area contributed by atoms with Crippen molar-refractivity contribution in [3.05, 3.63) is 30.3 Å². The number of hydrogen-bond acceptors (Lipinski definition) is 4. The zero-order chi connectivity index (χ0) is 16.8. The van der Waals surface area contributed by atoms with Crippen molar-refractivity contribution in [1.82, 2.24) is 9.80 Å². The molecule has 5 heteroatoms.